The van der Waals surface area contributed by atoms with E-state index in [1.54, 1.807) is 32.9 Å². The fraction of sp³-hybridized carbons (Fsp3) is 0.545. The maximum Gasteiger partial charge on any atom is 0.422 e. The van der Waals surface area contributed by atoms with Gasteiger partial charge in [-0.05, 0) is 32.9 Å². The molecule has 1 rings (SSSR count). The first-order chi connectivity index (χ1) is 7.90. The van der Waals surface area contributed by atoms with Crippen LogP contribution in [-0.2, 0) is 17.9 Å². The molecular formula is C11H18N2O4. The van der Waals surface area contributed by atoms with Crippen molar-refractivity contribution in [3.05, 3.63) is 23.7 Å². The van der Waals surface area contributed by atoms with E-state index in [1.165, 1.54) is 0 Å². The molecule has 0 saturated heterocycles. The van der Waals surface area contributed by atoms with Crippen molar-refractivity contribution in [3.8, 4) is 0 Å². The normalized spacial score (nSPS) is 11.3. The molecule has 0 aliphatic carbocycles. The number of aliphatic hydroxyl groups excluding tert-OH is 1. The number of hydrogen-bond donors (Lipinski definition) is 3. The standard InChI is InChI=1S/C11H18N2O4/c1-11(2,3)17-10(15)13-12-6-8-4-5-9(7-14)16-8/h4-5,12,14H,6-7H2,1-3H3,(H,13,15). The summed E-state index contributed by atoms with van der Waals surface area (Å²) < 4.78 is 10.2. The Labute approximate surface area is 99.9 Å². The lowest BCUT2D eigenvalue weighted by Gasteiger charge is -2.19. The van der Waals surface area contributed by atoms with Crippen molar-refractivity contribution in [1.29, 1.82) is 0 Å². The number of ether oxygens (including phenoxy) is 1. The van der Waals surface area contributed by atoms with Crippen molar-refractivity contribution in [1.82, 2.24) is 10.9 Å². The molecule has 17 heavy (non-hydrogen) atoms. The van der Waals surface area contributed by atoms with E-state index in [-0.39, 0.29) is 6.61 Å². The van der Waals surface area contributed by atoms with E-state index in [2.05, 4.69) is 10.9 Å². The van der Waals surface area contributed by atoms with Crippen LogP contribution in [0.4, 0.5) is 4.79 Å². The fourth-order valence-electron chi connectivity index (χ4n) is 1.11. The number of amides is 1. The maximum absolute atomic E-state index is 11.2. The summed E-state index contributed by atoms with van der Waals surface area (Å²) in [6, 6.07) is 3.39. The van der Waals surface area contributed by atoms with Crippen LogP contribution in [-0.4, -0.2) is 16.8 Å². The minimum absolute atomic E-state index is 0.139. The molecule has 0 spiro atoms. The average molecular weight is 242 g/mol. The molecule has 0 unspecified atom stereocenters. The summed E-state index contributed by atoms with van der Waals surface area (Å²) in [7, 11) is 0. The Balaban J connectivity index is 2.26. The molecule has 0 aliphatic heterocycles. The minimum atomic E-state index is -0.550. The lowest BCUT2D eigenvalue weighted by atomic mass is 10.2. The van der Waals surface area contributed by atoms with Gasteiger partial charge in [0.2, 0.25) is 0 Å². The van der Waals surface area contributed by atoms with Crippen LogP contribution in [0, 0.1) is 0 Å². The van der Waals surface area contributed by atoms with Crippen molar-refractivity contribution in [3.63, 3.8) is 0 Å². The van der Waals surface area contributed by atoms with Crippen LogP contribution in [0.15, 0.2) is 16.5 Å². The Kier molecular flexibility index (Phi) is 4.53. The number of nitrogens with one attached hydrogen (secondary N) is 2. The van der Waals surface area contributed by atoms with E-state index in [9.17, 15) is 4.79 Å². The van der Waals surface area contributed by atoms with Crippen LogP contribution in [0.5, 0.6) is 0 Å². The van der Waals surface area contributed by atoms with E-state index in [0.717, 1.165) is 0 Å². The van der Waals surface area contributed by atoms with Crippen LogP contribution >= 0.6 is 0 Å². The van der Waals surface area contributed by atoms with Gasteiger partial charge >= 0.3 is 6.09 Å². The van der Waals surface area contributed by atoms with Crippen LogP contribution in [0.1, 0.15) is 32.3 Å². The quantitative estimate of drug-likeness (QED) is 0.693. The SMILES string of the molecule is CC(C)(C)OC(=O)NNCc1ccc(CO)o1. The van der Waals surface area contributed by atoms with Crippen molar-refractivity contribution in [2.24, 2.45) is 0 Å². The van der Waals surface area contributed by atoms with Crippen molar-refractivity contribution in [2.75, 3.05) is 0 Å². The summed E-state index contributed by atoms with van der Waals surface area (Å²) in [5, 5.41) is 8.79. The van der Waals surface area contributed by atoms with E-state index in [1.807, 2.05) is 0 Å². The molecule has 96 valence electrons. The van der Waals surface area contributed by atoms with Gasteiger partial charge in [-0.3, -0.25) is 5.43 Å². The molecule has 3 N–H and O–H groups in total. The number of carbonyl (C=O) groups is 1. The third-order valence-electron chi connectivity index (χ3n) is 1.73. The van der Waals surface area contributed by atoms with Gasteiger partial charge in [0.25, 0.3) is 0 Å². The summed E-state index contributed by atoms with van der Waals surface area (Å²) in [4.78, 5) is 11.2. The lowest BCUT2D eigenvalue weighted by Crippen LogP contribution is -2.40. The van der Waals surface area contributed by atoms with Gasteiger partial charge in [-0.1, -0.05) is 0 Å². The Bertz CT molecular complexity index is 368. The second-order valence-electron chi connectivity index (χ2n) is 4.51. The Morgan fingerprint density at radius 1 is 1.41 bits per heavy atom. The third kappa shape index (κ3) is 5.37. The zero-order valence-electron chi connectivity index (χ0n) is 10.2. The highest BCUT2D eigenvalue weighted by molar-refractivity contribution is 5.66. The molecule has 1 amide bonds. The molecule has 0 aromatic carbocycles. The molecule has 0 atom stereocenters. The molecule has 1 aromatic heterocycles. The Hall–Kier alpha value is -1.53. The number of furan rings is 1. The molecule has 1 heterocycles. The topological polar surface area (TPSA) is 83.7 Å². The number of hydrazine groups is 1. The summed E-state index contributed by atoms with van der Waals surface area (Å²) in [5.74, 6) is 1.10. The van der Waals surface area contributed by atoms with Crippen LogP contribution in [0.3, 0.4) is 0 Å². The van der Waals surface area contributed by atoms with E-state index in [4.69, 9.17) is 14.3 Å². The second kappa shape index (κ2) is 5.70. The monoisotopic (exact) mass is 242 g/mol. The summed E-state index contributed by atoms with van der Waals surface area (Å²) in [5.41, 5.74) is 4.52. The summed E-state index contributed by atoms with van der Waals surface area (Å²) in [6.07, 6.45) is -0.550. The number of carbonyl (C=O) groups excluding carboxylic acids is 1. The van der Waals surface area contributed by atoms with Crippen LogP contribution < -0.4 is 10.9 Å². The molecule has 0 saturated carbocycles. The van der Waals surface area contributed by atoms with Gasteiger partial charge in [-0.25, -0.2) is 10.2 Å². The highest BCUT2D eigenvalue weighted by Crippen LogP contribution is 2.07. The van der Waals surface area contributed by atoms with Gasteiger partial charge in [0.1, 0.15) is 23.7 Å². The van der Waals surface area contributed by atoms with Crippen molar-refractivity contribution >= 4 is 6.09 Å². The molecule has 0 aliphatic rings. The Morgan fingerprint density at radius 3 is 2.59 bits per heavy atom. The molecule has 0 bridgehead atoms. The highest BCUT2D eigenvalue weighted by Gasteiger charge is 2.15. The molecule has 1 aromatic rings. The van der Waals surface area contributed by atoms with E-state index >= 15 is 0 Å². The lowest BCUT2D eigenvalue weighted by molar-refractivity contribution is 0.0495. The van der Waals surface area contributed by atoms with Gasteiger partial charge in [0.05, 0.1) is 6.54 Å². The molecule has 0 radical (unpaired) electrons. The van der Waals surface area contributed by atoms with Gasteiger partial charge in [-0.2, -0.15) is 0 Å². The fourth-order valence-corrected chi connectivity index (χ4v) is 1.11. The van der Waals surface area contributed by atoms with Gasteiger partial charge in [0, 0.05) is 0 Å². The summed E-state index contributed by atoms with van der Waals surface area (Å²) in [6.45, 7) is 5.53. The number of rotatable bonds is 4. The first-order valence-electron chi connectivity index (χ1n) is 5.31. The number of hydrogen-bond acceptors (Lipinski definition) is 5. The first-order valence-corrected chi connectivity index (χ1v) is 5.31. The predicted molar refractivity (Wildman–Crippen MR) is 60.8 cm³/mol. The summed E-state index contributed by atoms with van der Waals surface area (Å²) >= 11 is 0. The zero-order valence-corrected chi connectivity index (χ0v) is 10.2. The van der Waals surface area contributed by atoms with Gasteiger partial charge < -0.3 is 14.3 Å². The van der Waals surface area contributed by atoms with Crippen molar-refractivity contribution < 1.29 is 19.1 Å². The average Bonchev–Trinajstić information content (AvgIpc) is 2.63. The van der Waals surface area contributed by atoms with Crippen LogP contribution in [0.2, 0.25) is 0 Å². The van der Waals surface area contributed by atoms with Gasteiger partial charge in [0.15, 0.2) is 0 Å². The molecule has 6 heteroatoms. The smallest absolute Gasteiger partial charge is 0.422 e. The van der Waals surface area contributed by atoms with E-state index < -0.39 is 11.7 Å². The molecular weight excluding hydrogens is 224 g/mol. The largest absolute Gasteiger partial charge is 0.462 e. The third-order valence-corrected chi connectivity index (χ3v) is 1.73. The minimum Gasteiger partial charge on any atom is -0.462 e. The highest BCUT2D eigenvalue weighted by atomic mass is 16.6. The maximum atomic E-state index is 11.2. The van der Waals surface area contributed by atoms with Crippen LogP contribution in [0.25, 0.3) is 0 Å². The van der Waals surface area contributed by atoms with E-state index in [0.29, 0.717) is 18.1 Å². The second-order valence-corrected chi connectivity index (χ2v) is 4.51. The van der Waals surface area contributed by atoms with Crippen molar-refractivity contribution in [2.45, 2.75) is 39.5 Å². The first kappa shape index (κ1) is 13.5. The van der Waals surface area contributed by atoms with Gasteiger partial charge in [-0.15, -0.1) is 0 Å². The number of aliphatic hydroxyl groups is 1. The zero-order chi connectivity index (χ0) is 12.9. The molecule has 0 fully saturated rings. The predicted octanol–water partition coefficient (Wildman–Crippen LogP) is 1.30. The Morgan fingerprint density at radius 2 is 2.06 bits per heavy atom. The molecule has 6 nitrogen and oxygen atoms in total.